The van der Waals surface area contributed by atoms with Gasteiger partial charge in [-0.05, 0) is 24.1 Å². The van der Waals surface area contributed by atoms with Crippen molar-refractivity contribution in [2.75, 3.05) is 0 Å². The van der Waals surface area contributed by atoms with E-state index in [9.17, 15) is 9.90 Å². The third kappa shape index (κ3) is 3.72. The van der Waals surface area contributed by atoms with Crippen molar-refractivity contribution in [2.45, 2.75) is 26.3 Å². The second-order valence-electron chi connectivity index (χ2n) is 3.34. The molecular weight excluding hydrogens is 230 g/mol. The molecular formula is C11H16ClNO3. The average Bonchev–Trinajstić information content (AvgIpc) is 2.19. The van der Waals surface area contributed by atoms with Gasteiger partial charge < -0.3 is 15.6 Å². The van der Waals surface area contributed by atoms with Gasteiger partial charge in [0, 0.05) is 13.0 Å². The summed E-state index contributed by atoms with van der Waals surface area (Å²) in [5.41, 5.74) is 6.62. The van der Waals surface area contributed by atoms with Crippen molar-refractivity contribution in [3.8, 4) is 11.5 Å². The molecule has 1 rings (SSSR count). The normalized spacial score (nSPS) is 11.4. The van der Waals surface area contributed by atoms with Crippen LogP contribution in [-0.4, -0.2) is 11.1 Å². The van der Waals surface area contributed by atoms with Crippen LogP contribution >= 0.6 is 12.4 Å². The number of hydrogen-bond donors (Lipinski definition) is 2. The Labute approximate surface area is 101 Å². The summed E-state index contributed by atoms with van der Waals surface area (Å²) >= 11 is 0. The van der Waals surface area contributed by atoms with Gasteiger partial charge in [0.1, 0.15) is 0 Å². The van der Waals surface area contributed by atoms with Crippen LogP contribution in [0.2, 0.25) is 0 Å². The Hall–Kier alpha value is -1.26. The summed E-state index contributed by atoms with van der Waals surface area (Å²) in [6.07, 6.45) is 0.784. The Morgan fingerprint density at radius 3 is 2.62 bits per heavy atom. The summed E-state index contributed by atoms with van der Waals surface area (Å²) in [5.74, 6) is -0.362. The molecule has 0 fully saturated rings. The monoisotopic (exact) mass is 245 g/mol. The quantitative estimate of drug-likeness (QED) is 0.632. The lowest BCUT2D eigenvalue weighted by molar-refractivity contribution is -0.132. The number of phenolic OH excluding ortho intramolecular Hbond substituents is 1. The highest BCUT2D eigenvalue weighted by atomic mass is 35.5. The van der Waals surface area contributed by atoms with E-state index in [0.29, 0.717) is 0 Å². The first-order valence-electron chi connectivity index (χ1n) is 4.81. The highest BCUT2D eigenvalue weighted by molar-refractivity contribution is 5.85. The first-order valence-corrected chi connectivity index (χ1v) is 4.81. The van der Waals surface area contributed by atoms with E-state index in [0.717, 1.165) is 12.0 Å². The molecule has 0 saturated carbocycles. The number of carbonyl (C=O) groups is 1. The molecule has 0 bridgehead atoms. The third-order valence-corrected chi connectivity index (χ3v) is 2.10. The van der Waals surface area contributed by atoms with Gasteiger partial charge in [-0.2, -0.15) is 0 Å². The lowest BCUT2D eigenvalue weighted by Crippen LogP contribution is -2.08. The summed E-state index contributed by atoms with van der Waals surface area (Å²) < 4.78 is 4.78. The van der Waals surface area contributed by atoms with Crippen LogP contribution in [0.5, 0.6) is 11.5 Å². The van der Waals surface area contributed by atoms with Gasteiger partial charge in [-0.25, -0.2) is 0 Å². The predicted octanol–water partition coefficient (Wildman–Crippen LogP) is 2.15. The molecule has 4 nitrogen and oxygen atoms in total. The first-order chi connectivity index (χ1) is 7.04. The number of nitrogens with two attached hydrogens (primary N) is 1. The molecule has 1 atom stereocenters. The van der Waals surface area contributed by atoms with Gasteiger partial charge in [0.2, 0.25) is 0 Å². The van der Waals surface area contributed by atoms with Gasteiger partial charge in [0.15, 0.2) is 11.5 Å². The van der Waals surface area contributed by atoms with Crippen molar-refractivity contribution < 1.29 is 14.6 Å². The van der Waals surface area contributed by atoms with E-state index in [1.165, 1.54) is 13.0 Å². The Morgan fingerprint density at radius 1 is 1.56 bits per heavy atom. The van der Waals surface area contributed by atoms with Crippen LogP contribution in [0.15, 0.2) is 18.2 Å². The molecule has 0 aliphatic carbocycles. The lowest BCUT2D eigenvalue weighted by atomic mass is 10.1. The maximum atomic E-state index is 10.7. The highest BCUT2D eigenvalue weighted by Gasteiger charge is 2.09. The van der Waals surface area contributed by atoms with Crippen LogP contribution in [0, 0.1) is 0 Å². The van der Waals surface area contributed by atoms with Crippen LogP contribution in [0.4, 0.5) is 0 Å². The van der Waals surface area contributed by atoms with Crippen LogP contribution in [-0.2, 0) is 4.79 Å². The van der Waals surface area contributed by atoms with Gasteiger partial charge in [0.25, 0.3) is 0 Å². The fourth-order valence-electron chi connectivity index (χ4n) is 1.24. The Balaban J connectivity index is 0.00000225. The molecule has 0 radical (unpaired) electrons. The first kappa shape index (κ1) is 14.7. The van der Waals surface area contributed by atoms with Crippen molar-refractivity contribution in [1.29, 1.82) is 0 Å². The van der Waals surface area contributed by atoms with Gasteiger partial charge >= 0.3 is 5.97 Å². The summed E-state index contributed by atoms with van der Waals surface area (Å²) in [6.45, 7) is 3.24. The lowest BCUT2D eigenvalue weighted by Gasteiger charge is -2.11. The van der Waals surface area contributed by atoms with Crippen molar-refractivity contribution in [2.24, 2.45) is 5.73 Å². The maximum absolute atomic E-state index is 10.7. The smallest absolute Gasteiger partial charge is 0.308 e. The summed E-state index contributed by atoms with van der Waals surface area (Å²) in [5, 5.41) is 9.55. The van der Waals surface area contributed by atoms with E-state index in [4.69, 9.17) is 10.5 Å². The summed E-state index contributed by atoms with van der Waals surface area (Å²) in [7, 11) is 0. The highest BCUT2D eigenvalue weighted by Crippen LogP contribution is 2.29. The molecule has 0 spiro atoms. The standard InChI is InChI=1S/C11H15NO3.ClH/c1-3-9(12)8-4-5-11(10(14)6-8)15-7(2)13;/h4-6,9,14H,3,12H2,1-2H3;1H/t9-;/m1./s1. The maximum Gasteiger partial charge on any atom is 0.308 e. The zero-order valence-corrected chi connectivity index (χ0v) is 10.1. The van der Waals surface area contributed by atoms with E-state index >= 15 is 0 Å². The Kier molecular flexibility index (Phi) is 5.85. The fraction of sp³-hybridized carbons (Fsp3) is 0.364. The molecule has 3 N–H and O–H groups in total. The molecule has 0 aliphatic heterocycles. The minimum Gasteiger partial charge on any atom is -0.504 e. The molecule has 1 aromatic carbocycles. The molecule has 5 heteroatoms. The molecule has 90 valence electrons. The number of carbonyl (C=O) groups excluding carboxylic acids is 1. The van der Waals surface area contributed by atoms with E-state index in [1.54, 1.807) is 12.1 Å². The van der Waals surface area contributed by atoms with Gasteiger partial charge in [-0.15, -0.1) is 12.4 Å². The molecule has 0 aliphatic rings. The summed E-state index contributed by atoms with van der Waals surface area (Å²) in [4.78, 5) is 10.7. The van der Waals surface area contributed by atoms with Crippen LogP contribution in [0.1, 0.15) is 31.9 Å². The average molecular weight is 246 g/mol. The zero-order valence-electron chi connectivity index (χ0n) is 9.27. The summed E-state index contributed by atoms with van der Waals surface area (Å²) in [6, 6.07) is 4.70. The SMILES string of the molecule is CC[C@@H](N)c1ccc(OC(C)=O)c(O)c1.Cl. The van der Waals surface area contributed by atoms with Crippen LogP contribution < -0.4 is 10.5 Å². The van der Waals surface area contributed by atoms with E-state index in [-0.39, 0.29) is 29.9 Å². The Bertz CT molecular complexity index is 368. The topological polar surface area (TPSA) is 72.5 Å². The van der Waals surface area contributed by atoms with Gasteiger partial charge in [-0.1, -0.05) is 13.0 Å². The second-order valence-corrected chi connectivity index (χ2v) is 3.34. The number of halogens is 1. The minimum atomic E-state index is -0.460. The number of ether oxygens (including phenoxy) is 1. The largest absolute Gasteiger partial charge is 0.504 e. The molecule has 0 unspecified atom stereocenters. The number of aromatic hydroxyl groups is 1. The number of rotatable bonds is 3. The van der Waals surface area contributed by atoms with Crippen molar-refractivity contribution in [1.82, 2.24) is 0 Å². The number of hydrogen-bond acceptors (Lipinski definition) is 4. The third-order valence-electron chi connectivity index (χ3n) is 2.10. The Morgan fingerprint density at radius 2 is 2.19 bits per heavy atom. The van der Waals surface area contributed by atoms with Crippen molar-refractivity contribution >= 4 is 18.4 Å². The van der Waals surface area contributed by atoms with Gasteiger partial charge in [-0.3, -0.25) is 4.79 Å². The fourth-order valence-corrected chi connectivity index (χ4v) is 1.24. The van der Waals surface area contributed by atoms with E-state index in [1.807, 2.05) is 6.92 Å². The van der Waals surface area contributed by atoms with Crippen LogP contribution in [0.3, 0.4) is 0 Å². The second kappa shape index (κ2) is 6.35. The molecule has 1 aromatic rings. The van der Waals surface area contributed by atoms with Crippen molar-refractivity contribution in [3.05, 3.63) is 23.8 Å². The predicted molar refractivity (Wildman–Crippen MR) is 63.9 cm³/mol. The van der Waals surface area contributed by atoms with Crippen LogP contribution in [0.25, 0.3) is 0 Å². The van der Waals surface area contributed by atoms with Gasteiger partial charge in [0.05, 0.1) is 0 Å². The minimum absolute atomic E-state index is 0. The van der Waals surface area contributed by atoms with Crippen molar-refractivity contribution in [3.63, 3.8) is 0 Å². The molecule has 0 aromatic heterocycles. The number of phenols is 1. The number of benzene rings is 1. The number of esters is 1. The zero-order chi connectivity index (χ0) is 11.4. The van der Waals surface area contributed by atoms with E-state index < -0.39 is 5.97 Å². The molecule has 0 saturated heterocycles. The molecule has 0 heterocycles. The van der Waals surface area contributed by atoms with E-state index in [2.05, 4.69) is 0 Å². The molecule has 16 heavy (non-hydrogen) atoms. The molecule has 0 amide bonds.